The van der Waals surface area contributed by atoms with Crippen LogP contribution < -0.4 is 9.64 Å². The number of likely N-dealkylation sites (tertiary alicyclic amines) is 1. The number of hydrogen-bond donors (Lipinski definition) is 0. The van der Waals surface area contributed by atoms with Crippen molar-refractivity contribution in [3.63, 3.8) is 0 Å². The van der Waals surface area contributed by atoms with Crippen LogP contribution in [0.25, 0.3) is 26.9 Å². The van der Waals surface area contributed by atoms with Gasteiger partial charge in [-0.25, -0.2) is 6.57 Å². The Morgan fingerprint density at radius 3 is 2.90 bits per heavy atom. The summed E-state index contributed by atoms with van der Waals surface area (Å²) in [6.45, 7) is 14.7. The van der Waals surface area contributed by atoms with Crippen LogP contribution in [0.15, 0.2) is 49.1 Å². The first-order chi connectivity index (χ1) is 20.0. The number of fused-ring (bicyclic) bond motifs is 4. The van der Waals surface area contributed by atoms with Crippen LogP contribution in [0.2, 0.25) is 0 Å². The van der Waals surface area contributed by atoms with Gasteiger partial charge in [0.2, 0.25) is 12.5 Å². The second-order valence-electron chi connectivity index (χ2n) is 12.0. The first kappa shape index (κ1) is 26.0. The number of carbonyl (C=O) groups is 1. The number of ether oxygens (including phenoxy) is 1. The van der Waals surface area contributed by atoms with Crippen molar-refractivity contribution in [2.24, 2.45) is 5.92 Å². The average molecular weight is 549 g/mol. The molecule has 7 rings (SSSR count). The number of anilines is 1. The summed E-state index contributed by atoms with van der Waals surface area (Å²) in [5.74, 6) is 2.25. The predicted molar refractivity (Wildman–Crippen MR) is 160 cm³/mol. The van der Waals surface area contributed by atoms with Crippen molar-refractivity contribution in [1.82, 2.24) is 19.8 Å². The van der Waals surface area contributed by atoms with Gasteiger partial charge >= 0.3 is 6.01 Å². The quantitative estimate of drug-likeness (QED) is 0.319. The van der Waals surface area contributed by atoms with Gasteiger partial charge in [-0.3, -0.25) is 4.79 Å². The SMILES string of the molecule is [C-]#[N+]C[C@H]1CN(c2nc(OC[C@@H]3CCCN3C)nc3cc(-c4cccc5c4C[C@H]4C[C@@H]54)ccc23)CCN1C(=O)C=C. The van der Waals surface area contributed by atoms with Crippen molar-refractivity contribution in [1.29, 1.82) is 0 Å². The molecule has 8 nitrogen and oxygen atoms in total. The zero-order chi connectivity index (χ0) is 28.1. The van der Waals surface area contributed by atoms with Gasteiger partial charge < -0.3 is 24.3 Å². The van der Waals surface area contributed by atoms with E-state index < -0.39 is 0 Å². The summed E-state index contributed by atoms with van der Waals surface area (Å²) in [4.78, 5) is 32.3. The first-order valence-corrected chi connectivity index (χ1v) is 14.8. The Morgan fingerprint density at radius 2 is 2.10 bits per heavy atom. The molecule has 2 aromatic carbocycles. The maximum absolute atomic E-state index is 12.5. The Kier molecular flexibility index (Phi) is 6.63. The van der Waals surface area contributed by atoms with Crippen LogP contribution >= 0.6 is 0 Å². The number of piperazine rings is 1. The van der Waals surface area contributed by atoms with Gasteiger partial charge in [-0.1, -0.05) is 30.8 Å². The van der Waals surface area contributed by atoms with Crippen molar-refractivity contribution in [3.05, 3.63) is 71.6 Å². The van der Waals surface area contributed by atoms with Crippen molar-refractivity contribution >= 4 is 22.6 Å². The normalized spacial score (nSPS) is 25.1. The lowest BCUT2D eigenvalue weighted by Crippen LogP contribution is -2.56. The molecule has 0 unspecified atom stereocenters. The van der Waals surface area contributed by atoms with Gasteiger partial charge in [0.25, 0.3) is 0 Å². The van der Waals surface area contributed by atoms with E-state index in [2.05, 4.69) is 64.7 Å². The standard InChI is InChI=1S/C33H36N6O2/c1-4-31(40)39-14-13-38(19-24(39)18-34-2)32-27-11-10-21(25-8-5-9-26-28-15-22(28)16-29(25)26)17-30(27)35-33(36-32)41-20-23-7-6-12-37(23)3/h4-5,8-11,17,22-24,28H,1,6-7,12-16,18-20H2,3H3/t22-,23+,24+,28-/m1/s1. The second-order valence-corrected chi connectivity index (χ2v) is 12.0. The van der Waals surface area contributed by atoms with Gasteiger partial charge in [-0.15, -0.1) is 0 Å². The van der Waals surface area contributed by atoms with E-state index in [1.54, 1.807) is 4.90 Å². The smallest absolute Gasteiger partial charge is 0.319 e. The maximum atomic E-state index is 12.5. The molecule has 1 saturated carbocycles. The van der Waals surface area contributed by atoms with Gasteiger partial charge in [0.1, 0.15) is 18.5 Å². The zero-order valence-electron chi connectivity index (χ0n) is 23.6. The van der Waals surface area contributed by atoms with Gasteiger partial charge in [0.05, 0.1) is 5.52 Å². The molecule has 1 aromatic heterocycles. The topological polar surface area (TPSA) is 66.2 Å². The van der Waals surface area contributed by atoms with E-state index >= 15 is 0 Å². The lowest BCUT2D eigenvalue weighted by molar-refractivity contribution is -0.128. The molecule has 0 radical (unpaired) electrons. The molecule has 8 heteroatoms. The van der Waals surface area contributed by atoms with E-state index in [1.807, 2.05) is 0 Å². The fourth-order valence-electron chi connectivity index (χ4n) is 7.21. The number of aromatic nitrogens is 2. The molecule has 0 bridgehead atoms. The van der Waals surface area contributed by atoms with Crippen molar-refractivity contribution < 1.29 is 9.53 Å². The summed E-state index contributed by atoms with van der Waals surface area (Å²) in [7, 11) is 2.14. The van der Waals surface area contributed by atoms with Crippen LogP contribution in [0.5, 0.6) is 6.01 Å². The first-order valence-electron chi connectivity index (χ1n) is 14.8. The number of rotatable bonds is 7. The van der Waals surface area contributed by atoms with E-state index in [0.29, 0.717) is 38.3 Å². The minimum Gasteiger partial charge on any atom is -0.462 e. The Hall–Kier alpha value is -3.96. The maximum Gasteiger partial charge on any atom is 0.319 e. The van der Waals surface area contributed by atoms with Gasteiger partial charge in [-0.2, -0.15) is 9.97 Å². The summed E-state index contributed by atoms with van der Waals surface area (Å²) < 4.78 is 6.27. The molecule has 1 amide bonds. The number of likely N-dealkylation sites (N-methyl/N-ethyl adjacent to an activating group) is 1. The summed E-state index contributed by atoms with van der Waals surface area (Å²) in [6, 6.07) is 13.8. The monoisotopic (exact) mass is 548 g/mol. The predicted octanol–water partition coefficient (Wildman–Crippen LogP) is 4.55. The highest BCUT2D eigenvalue weighted by atomic mass is 16.5. The van der Waals surface area contributed by atoms with Crippen LogP contribution in [0.3, 0.4) is 0 Å². The lowest BCUT2D eigenvalue weighted by Gasteiger charge is -2.39. The molecular formula is C33H36N6O2. The summed E-state index contributed by atoms with van der Waals surface area (Å²) >= 11 is 0. The largest absolute Gasteiger partial charge is 0.462 e. The van der Waals surface area contributed by atoms with Gasteiger partial charge in [0.15, 0.2) is 0 Å². The lowest BCUT2D eigenvalue weighted by atomic mass is 9.94. The molecule has 2 aliphatic heterocycles. The molecule has 4 atom stereocenters. The third-order valence-corrected chi connectivity index (χ3v) is 9.59. The van der Waals surface area contributed by atoms with E-state index in [4.69, 9.17) is 21.3 Å². The number of carbonyl (C=O) groups excluding carboxylic acids is 1. The van der Waals surface area contributed by atoms with E-state index in [1.165, 1.54) is 47.6 Å². The number of amides is 1. The van der Waals surface area contributed by atoms with E-state index in [9.17, 15) is 4.79 Å². The van der Waals surface area contributed by atoms with Crippen LogP contribution in [0.4, 0.5) is 5.82 Å². The highest BCUT2D eigenvalue weighted by Gasteiger charge is 2.45. The third kappa shape index (κ3) is 4.72. The Labute approximate surface area is 241 Å². The fraction of sp³-hybridized carbons (Fsp3) is 0.455. The number of nitrogens with zero attached hydrogens (tertiary/aromatic N) is 6. The average Bonchev–Trinajstić information content (AvgIpc) is 3.49. The van der Waals surface area contributed by atoms with Crippen molar-refractivity contribution in [3.8, 4) is 17.1 Å². The van der Waals surface area contributed by atoms with Crippen LogP contribution in [0.1, 0.15) is 36.3 Å². The minimum absolute atomic E-state index is 0.131. The molecule has 2 aliphatic carbocycles. The van der Waals surface area contributed by atoms with Crippen LogP contribution in [-0.4, -0.2) is 84.1 Å². The highest BCUT2D eigenvalue weighted by molar-refractivity contribution is 5.94. The number of hydrogen-bond acceptors (Lipinski definition) is 6. The van der Waals surface area contributed by atoms with Gasteiger partial charge in [0, 0.05) is 31.1 Å². The highest BCUT2D eigenvalue weighted by Crippen LogP contribution is 2.57. The van der Waals surface area contributed by atoms with E-state index in [-0.39, 0.29) is 18.5 Å². The molecule has 4 aliphatic rings. The molecule has 3 heterocycles. The molecule has 3 aromatic rings. The summed E-state index contributed by atoms with van der Waals surface area (Å²) in [5.41, 5.74) is 6.36. The van der Waals surface area contributed by atoms with Crippen molar-refractivity contribution in [2.75, 3.05) is 51.3 Å². The molecule has 41 heavy (non-hydrogen) atoms. The van der Waals surface area contributed by atoms with E-state index in [0.717, 1.165) is 41.5 Å². The molecular weight excluding hydrogens is 512 g/mol. The van der Waals surface area contributed by atoms with Crippen molar-refractivity contribution in [2.45, 2.75) is 43.7 Å². The third-order valence-electron chi connectivity index (χ3n) is 9.59. The summed E-state index contributed by atoms with van der Waals surface area (Å²) in [5, 5.41) is 0.958. The second kappa shape index (κ2) is 10.5. The van der Waals surface area contributed by atoms with Crippen LogP contribution in [-0.2, 0) is 11.2 Å². The molecule has 2 saturated heterocycles. The van der Waals surface area contributed by atoms with Crippen LogP contribution in [0, 0.1) is 12.5 Å². The Morgan fingerprint density at radius 1 is 1.20 bits per heavy atom. The minimum atomic E-state index is -0.231. The van der Waals surface area contributed by atoms with Gasteiger partial charge in [-0.05, 0) is 91.6 Å². The molecule has 0 N–H and O–H groups in total. The Balaban J connectivity index is 1.26. The molecule has 210 valence electrons. The molecule has 0 spiro atoms. The fourth-order valence-corrected chi connectivity index (χ4v) is 7.21. The number of benzene rings is 2. The Bertz CT molecular complexity index is 1560. The zero-order valence-corrected chi connectivity index (χ0v) is 23.6. The summed E-state index contributed by atoms with van der Waals surface area (Å²) in [6.07, 6.45) is 6.13. The molecule has 3 fully saturated rings.